The average Bonchev–Trinajstić information content (AvgIpc) is 2.62. The smallest absolute Gasteiger partial charge is 0.251 e. The van der Waals surface area contributed by atoms with E-state index in [1.54, 1.807) is 12.1 Å². The molecule has 0 fully saturated rings. The van der Waals surface area contributed by atoms with Gasteiger partial charge in [0.15, 0.2) is 0 Å². The molecule has 0 unspecified atom stereocenters. The van der Waals surface area contributed by atoms with Crippen LogP contribution in [0.1, 0.15) is 11.1 Å². The van der Waals surface area contributed by atoms with Crippen LogP contribution in [0, 0.1) is 13.8 Å². The van der Waals surface area contributed by atoms with Crippen molar-refractivity contribution in [2.45, 2.75) is 23.6 Å². The van der Waals surface area contributed by atoms with Gasteiger partial charge in [0.1, 0.15) is 9.79 Å². The summed E-state index contributed by atoms with van der Waals surface area (Å²) in [6.07, 6.45) is 0. The molecule has 136 valence electrons. The molecule has 0 saturated heterocycles. The third kappa shape index (κ3) is 2.92. The van der Waals surface area contributed by atoms with E-state index < -0.39 is 19.3 Å². The normalized spacial score (nSPS) is 11.9. The molecule has 0 N–H and O–H groups in total. The summed E-state index contributed by atoms with van der Waals surface area (Å²) in [6.45, 7) is 3.74. The fourth-order valence-corrected chi connectivity index (χ4v) is 6.82. The van der Waals surface area contributed by atoms with Gasteiger partial charge in [0, 0.05) is 9.40 Å². The van der Waals surface area contributed by atoms with E-state index in [1.807, 2.05) is 38.1 Å². The van der Waals surface area contributed by atoms with E-state index in [0.717, 1.165) is 43.2 Å². The predicted molar refractivity (Wildman–Crippen MR) is 111 cm³/mol. The second-order valence-corrected chi connectivity index (χ2v) is 10.1. The summed E-state index contributed by atoms with van der Waals surface area (Å²) in [5, 5.41) is 1.34. The molecular weight excluding hydrogens is 400 g/mol. The summed E-state index contributed by atoms with van der Waals surface area (Å²) in [5.74, 6) is 0. The largest absolute Gasteiger partial charge is 0.276 e. The van der Waals surface area contributed by atoms with Gasteiger partial charge in [-0.2, -0.15) is 0 Å². The molecule has 0 radical (unpaired) electrons. The zero-order valence-corrected chi connectivity index (χ0v) is 16.9. The number of sulfone groups is 1. The molecule has 4 nitrogen and oxygen atoms in total. The lowest BCUT2D eigenvalue weighted by atomic mass is 10.2. The van der Waals surface area contributed by atoms with Crippen molar-refractivity contribution in [2.75, 3.05) is 0 Å². The van der Waals surface area contributed by atoms with Gasteiger partial charge in [-0.1, -0.05) is 59.1 Å². The summed E-state index contributed by atoms with van der Waals surface area (Å²) >= 11 is 1.79. The highest BCUT2D eigenvalue weighted by molar-refractivity contribution is 7.91. The summed E-state index contributed by atoms with van der Waals surface area (Å²) in [6, 6.07) is 13.6. The van der Waals surface area contributed by atoms with Crippen LogP contribution in [0.25, 0.3) is 20.2 Å². The van der Waals surface area contributed by atoms with Gasteiger partial charge in [-0.25, -0.2) is 8.42 Å². The topological polar surface area (TPSA) is 68.3 Å². The summed E-state index contributed by atoms with van der Waals surface area (Å²) < 4.78 is 26.7. The summed E-state index contributed by atoms with van der Waals surface area (Å²) in [5.41, 5.74) is 1.82. The Morgan fingerprint density at radius 1 is 0.704 bits per heavy atom. The standard InChI is InChI=1S/C20H14O4S3/c1-11-5-3-7-13-9-15(19(21)25-17(11)13)27(23,24)16-10-14-8-4-6-12(2)18(14)26-20(16)22/h3-10H,1-2H3. The van der Waals surface area contributed by atoms with Crippen LogP contribution >= 0.6 is 22.7 Å². The van der Waals surface area contributed by atoms with Crippen molar-refractivity contribution in [3.8, 4) is 0 Å². The van der Waals surface area contributed by atoms with Gasteiger partial charge in [0.05, 0.1) is 0 Å². The molecule has 0 bridgehead atoms. The molecule has 0 atom stereocenters. The second-order valence-electron chi connectivity index (χ2n) is 6.29. The Balaban J connectivity index is 2.02. The highest BCUT2D eigenvalue weighted by Crippen LogP contribution is 2.28. The van der Waals surface area contributed by atoms with E-state index in [0.29, 0.717) is 10.8 Å². The number of hydrogen-bond acceptors (Lipinski definition) is 6. The Morgan fingerprint density at radius 3 is 1.52 bits per heavy atom. The Hall–Kier alpha value is -2.35. The first kappa shape index (κ1) is 18.0. The Labute approximate surface area is 163 Å². The number of benzene rings is 2. The van der Waals surface area contributed by atoms with Crippen molar-refractivity contribution in [3.05, 3.63) is 78.7 Å². The lowest BCUT2D eigenvalue weighted by Gasteiger charge is -2.07. The number of fused-ring (bicyclic) bond motifs is 2. The van der Waals surface area contributed by atoms with Gasteiger partial charge < -0.3 is 0 Å². The molecule has 0 aliphatic rings. The highest BCUT2D eigenvalue weighted by Gasteiger charge is 2.26. The molecule has 2 aromatic heterocycles. The Bertz CT molecular complexity index is 1340. The zero-order chi connectivity index (χ0) is 19.3. The van der Waals surface area contributed by atoms with Crippen LogP contribution in [0.3, 0.4) is 0 Å². The van der Waals surface area contributed by atoms with Crippen LogP contribution in [-0.2, 0) is 9.84 Å². The molecule has 0 saturated carbocycles. The lowest BCUT2D eigenvalue weighted by molar-refractivity contribution is 0.595. The van der Waals surface area contributed by atoms with Crippen molar-refractivity contribution in [3.63, 3.8) is 0 Å². The molecule has 0 spiro atoms. The molecule has 0 aliphatic carbocycles. The van der Waals surface area contributed by atoms with Crippen LogP contribution < -0.4 is 9.48 Å². The van der Waals surface area contributed by atoms with Crippen molar-refractivity contribution in [1.82, 2.24) is 0 Å². The second kappa shape index (κ2) is 6.37. The molecule has 4 aromatic rings. The fraction of sp³-hybridized carbons (Fsp3) is 0.100. The first-order valence-electron chi connectivity index (χ1n) is 8.11. The average molecular weight is 415 g/mol. The molecule has 2 heterocycles. The molecule has 2 aromatic carbocycles. The van der Waals surface area contributed by atoms with Crippen molar-refractivity contribution < 1.29 is 8.42 Å². The fourth-order valence-electron chi connectivity index (χ4n) is 3.04. The van der Waals surface area contributed by atoms with E-state index in [1.165, 1.54) is 12.1 Å². The van der Waals surface area contributed by atoms with Gasteiger partial charge >= 0.3 is 0 Å². The first-order chi connectivity index (χ1) is 12.8. The summed E-state index contributed by atoms with van der Waals surface area (Å²) in [4.78, 5) is 24.5. The Morgan fingerprint density at radius 2 is 1.11 bits per heavy atom. The number of hydrogen-bond donors (Lipinski definition) is 0. The first-order valence-corrected chi connectivity index (χ1v) is 11.2. The molecule has 27 heavy (non-hydrogen) atoms. The van der Waals surface area contributed by atoms with Crippen molar-refractivity contribution in [1.29, 1.82) is 0 Å². The van der Waals surface area contributed by atoms with Crippen LogP contribution in [0.4, 0.5) is 0 Å². The SMILES string of the molecule is Cc1cccc2cc(S(=O)(=O)c3cc4cccc(C)c4sc3=O)c(=O)sc12. The van der Waals surface area contributed by atoms with Gasteiger partial charge in [0.25, 0.3) is 9.48 Å². The lowest BCUT2D eigenvalue weighted by Crippen LogP contribution is -2.18. The minimum absolute atomic E-state index is 0.345. The maximum Gasteiger partial charge on any atom is 0.251 e. The zero-order valence-electron chi connectivity index (χ0n) is 14.5. The minimum Gasteiger partial charge on any atom is -0.276 e. The van der Waals surface area contributed by atoms with E-state index in [4.69, 9.17) is 0 Å². The van der Waals surface area contributed by atoms with E-state index in [2.05, 4.69) is 0 Å². The van der Waals surface area contributed by atoms with Crippen LogP contribution in [-0.4, -0.2) is 8.42 Å². The third-order valence-corrected chi connectivity index (χ3v) is 8.79. The quantitative estimate of drug-likeness (QED) is 0.491. The predicted octanol–water partition coefficient (Wildman–Crippen LogP) is 4.29. The van der Waals surface area contributed by atoms with Crippen molar-refractivity contribution >= 4 is 52.7 Å². The number of aryl methyl sites for hydroxylation is 2. The van der Waals surface area contributed by atoms with E-state index in [9.17, 15) is 18.0 Å². The Kier molecular flexibility index (Phi) is 4.25. The van der Waals surface area contributed by atoms with Gasteiger partial charge in [0.2, 0.25) is 9.84 Å². The van der Waals surface area contributed by atoms with E-state index >= 15 is 0 Å². The van der Waals surface area contributed by atoms with Crippen LogP contribution in [0.15, 0.2) is 67.9 Å². The van der Waals surface area contributed by atoms with Crippen molar-refractivity contribution in [2.24, 2.45) is 0 Å². The minimum atomic E-state index is -4.21. The summed E-state index contributed by atoms with van der Waals surface area (Å²) in [7, 11) is -4.21. The highest BCUT2D eigenvalue weighted by atomic mass is 32.2. The monoisotopic (exact) mass is 414 g/mol. The maximum absolute atomic E-state index is 13.1. The molecule has 0 aliphatic heterocycles. The number of rotatable bonds is 2. The van der Waals surface area contributed by atoms with Crippen LogP contribution in [0.2, 0.25) is 0 Å². The van der Waals surface area contributed by atoms with Gasteiger partial charge in [-0.15, -0.1) is 0 Å². The van der Waals surface area contributed by atoms with E-state index in [-0.39, 0.29) is 9.79 Å². The third-order valence-electron chi connectivity index (χ3n) is 4.43. The van der Waals surface area contributed by atoms with Crippen LogP contribution in [0.5, 0.6) is 0 Å². The maximum atomic E-state index is 13.1. The molecule has 4 rings (SSSR count). The van der Waals surface area contributed by atoms with Gasteiger partial charge in [-0.3, -0.25) is 9.59 Å². The molecule has 0 amide bonds. The van der Waals surface area contributed by atoms with Gasteiger partial charge in [-0.05, 0) is 47.9 Å². The molecular formula is C20H14O4S3. The molecule has 7 heteroatoms.